The zero-order valence-corrected chi connectivity index (χ0v) is 17.4. The number of nitrogens with zero attached hydrogens (tertiary/aromatic N) is 1. The lowest BCUT2D eigenvalue weighted by molar-refractivity contribution is 0.517. The minimum Gasteiger partial charge on any atom is -0.242 e. The molecule has 0 bridgehead atoms. The topological polar surface area (TPSA) is 12.4 Å². The number of hydrogen-bond acceptors (Lipinski definition) is 3. The van der Waals surface area contributed by atoms with E-state index in [-0.39, 0.29) is 0 Å². The summed E-state index contributed by atoms with van der Waals surface area (Å²) in [6.07, 6.45) is 8.82. The van der Waals surface area contributed by atoms with Gasteiger partial charge in [-0.05, 0) is 67.6 Å². The van der Waals surface area contributed by atoms with Crippen LogP contribution in [0.15, 0.2) is 69.9 Å². The maximum Gasteiger partial charge on any atom is 0.0975 e. The molecule has 2 aromatic rings. The fraction of sp³-hybridized carbons (Fsp3) is 0.318. The van der Waals surface area contributed by atoms with Gasteiger partial charge in [-0.2, -0.15) is 0 Å². The van der Waals surface area contributed by atoms with Gasteiger partial charge in [-0.1, -0.05) is 60.3 Å². The molecule has 0 atom stereocenters. The molecule has 0 radical (unpaired) electrons. The first-order valence-electron chi connectivity index (χ1n) is 9.10. The molecule has 1 aliphatic carbocycles. The zero-order chi connectivity index (χ0) is 18.2. The Morgan fingerprint density at radius 2 is 1.69 bits per heavy atom. The number of benzene rings is 2. The summed E-state index contributed by atoms with van der Waals surface area (Å²) in [5, 5.41) is 4.69. The molecule has 1 aliphatic rings. The van der Waals surface area contributed by atoms with Crippen LogP contribution in [0.3, 0.4) is 0 Å². The Bertz CT molecular complexity index is 745. The first-order chi connectivity index (χ1) is 12.7. The largest absolute Gasteiger partial charge is 0.242 e. The second kappa shape index (κ2) is 10.2. The van der Waals surface area contributed by atoms with Crippen molar-refractivity contribution in [3.05, 3.63) is 70.6 Å². The summed E-state index contributed by atoms with van der Waals surface area (Å²) in [6, 6.07) is 16.4. The maximum atomic E-state index is 5.96. The van der Waals surface area contributed by atoms with Gasteiger partial charge in [0.25, 0.3) is 0 Å². The summed E-state index contributed by atoms with van der Waals surface area (Å²) in [4.78, 5) is 6.08. The molecule has 26 heavy (non-hydrogen) atoms. The van der Waals surface area contributed by atoms with Gasteiger partial charge in [-0.15, -0.1) is 11.8 Å². The molecular formula is C22H24ClNS2. The molecule has 1 fully saturated rings. The van der Waals surface area contributed by atoms with Crippen molar-refractivity contribution in [3.8, 4) is 0 Å². The van der Waals surface area contributed by atoms with Crippen molar-refractivity contribution in [2.45, 2.75) is 49.2 Å². The van der Waals surface area contributed by atoms with Gasteiger partial charge in [0.2, 0.25) is 0 Å². The lowest BCUT2D eigenvalue weighted by atomic mass is 10.0. The monoisotopic (exact) mass is 401 g/mol. The van der Waals surface area contributed by atoms with Crippen molar-refractivity contribution in [1.82, 2.24) is 0 Å². The Balaban J connectivity index is 1.71. The van der Waals surface area contributed by atoms with Crippen LogP contribution in [-0.4, -0.2) is 10.3 Å². The average molecular weight is 402 g/mol. The number of aliphatic imine (C=N–C) groups is 1. The summed E-state index contributed by atoms with van der Waals surface area (Å²) < 4.78 is 0. The van der Waals surface area contributed by atoms with Crippen molar-refractivity contribution in [2.75, 3.05) is 0 Å². The highest BCUT2D eigenvalue weighted by atomic mass is 35.5. The van der Waals surface area contributed by atoms with E-state index in [1.165, 1.54) is 42.6 Å². The molecular weight excluding hydrogens is 378 g/mol. The highest BCUT2D eigenvalue weighted by Crippen LogP contribution is 2.31. The molecule has 0 aliphatic heterocycles. The molecule has 0 aromatic heterocycles. The summed E-state index contributed by atoms with van der Waals surface area (Å²) >= 11 is 9.59. The highest BCUT2D eigenvalue weighted by molar-refractivity contribution is 8.15. The summed E-state index contributed by atoms with van der Waals surface area (Å²) in [5.74, 6) is 0. The van der Waals surface area contributed by atoms with E-state index in [1.807, 2.05) is 36.0 Å². The van der Waals surface area contributed by atoms with Crippen LogP contribution in [0.1, 0.15) is 37.7 Å². The van der Waals surface area contributed by atoms with E-state index in [2.05, 4.69) is 42.7 Å². The van der Waals surface area contributed by atoms with Crippen molar-refractivity contribution < 1.29 is 0 Å². The van der Waals surface area contributed by atoms with Crippen molar-refractivity contribution >= 4 is 45.9 Å². The summed E-state index contributed by atoms with van der Waals surface area (Å²) in [5.41, 5.74) is 2.29. The second-order valence-electron chi connectivity index (χ2n) is 6.54. The van der Waals surface area contributed by atoms with Crippen LogP contribution in [0, 0.1) is 6.92 Å². The molecule has 0 N–H and O–H groups in total. The Labute approximate surface area is 170 Å². The van der Waals surface area contributed by atoms with Gasteiger partial charge in [-0.3, -0.25) is 0 Å². The van der Waals surface area contributed by atoms with Crippen LogP contribution in [-0.2, 0) is 0 Å². The Hall–Kier alpha value is -1.16. The molecule has 136 valence electrons. The van der Waals surface area contributed by atoms with Gasteiger partial charge >= 0.3 is 0 Å². The predicted molar refractivity (Wildman–Crippen MR) is 119 cm³/mol. The molecule has 0 amide bonds. The first-order valence-corrected chi connectivity index (χ1v) is 11.2. The van der Waals surface area contributed by atoms with Crippen molar-refractivity contribution in [2.24, 2.45) is 4.99 Å². The van der Waals surface area contributed by atoms with E-state index in [4.69, 9.17) is 16.6 Å². The van der Waals surface area contributed by atoms with E-state index >= 15 is 0 Å². The van der Waals surface area contributed by atoms with Crippen LogP contribution in [0.5, 0.6) is 0 Å². The molecule has 3 rings (SSSR count). The number of thioether (sulfide) groups is 2. The van der Waals surface area contributed by atoms with Gasteiger partial charge in [0.1, 0.15) is 0 Å². The zero-order valence-electron chi connectivity index (χ0n) is 15.0. The van der Waals surface area contributed by atoms with Crippen LogP contribution in [0.25, 0.3) is 0 Å². The first kappa shape index (κ1) is 19.6. The van der Waals surface area contributed by atoms with Crippen LogP contribution in [0.4, 0.5) is 5.69 Å². The lowest BCUT2D eigenvalue weighted by Gasteiger charge is -2.20. The van der Waals surface area contributed by atoms with Crippen molar-refractivity contribution in [3.63, 3.8) is 0 Å². The predicted octanol–water partition coefficient (Wildman–Crippen LogP) is 8.05. The molecule has 0 spiro atoms. The average Bonchev–Trinajstić information content (AvgIpc) is 2.66. The Kier molecular flexibility index (Phi) is 7.72. The second-order valence-corrected chi connectivity index (χ2v) is 9.27. The van der Waals surface area contributed by atoms with Gasteiger partial charge in [0.15, 0.2) is 0 Å². The third-order valence-corrected chi connectivity index (χ3v) is 6.68. The standard InChI is InChI=1S/C22H24ClNS2/c1-17-7-11-19(12-8-17)24-22(26-21-5-3-2-4-6-21)15-16-25-20-13-9-18(23)10-14-20/h7-16,21H,2-6H2,1H3. The molecule has 4 heteroatoms. The lowest BCUT2D eigenvalue weighted by Crippen LogP contribution is -2.10. The van der Waals surface area contributed by atoms with E-state index in [0.717, 1.165) is 15.8 Å². The highest BCUT2D eigenvalue weighted by Gasteiger charge is 2.15. The minimum absolute atomic E-state index is 0.693. The molecule has 0 unspecified atom stereocenters. The Morgan fingerprint density at radius 1 is 1.00 bits per heavy atom. The quantitative estimate of drug-likeness (QED) is 0.285. The van der Waals surface area contributed by atoms with Crippen LogP contribution >= 0.6 is 35.1 Å². The number of halogens is 1. The van der Waals surface area contributed by atoms with Gasteiger partial charge < -0.3 is 0 Å². The van der Waals surface area contributed by atoms with Gasteiger partial charge in [0.05, 0.1) is 10.7 Å². The smallest absolute Gasteiger partial charge is 0.0975 e. The molecule has 1 nitrogen and oxygen atoms in total. The van der Waals surface area contributed by atoms with E-state index in [1.54, 1.807) is 11.8 Å². The molecule has 0 saturated heterocycles. The number of hydrogen-bond donors (Lipinski definition) is 0. The van der Waals surface area contributed by atoms with E-state index in [9.17, 15) is 0 Å². The van der Waals surface area contributed by atoms with E-state index < -0.39 is 0 Å². The molecule has 2 aromatic carbocycles. The molecule has 0 heterocycles. The fourth-order valence-corrected chi connectivity index (χ4v) is 4.96. The normalized spacial score (nSPS) is 16.3. The summed E-state index contributed by atoms with van der Waals surface area (Å²) in [6.45, 7) is 2.11. The molecule has 1 saturated carbocycles. The third kappa shape index (κ3) is 6.53. The van der Waals surface area contributed by atoms with Gasteiger partial charge in [0, 0.05) is 15.2 Å². The number of rotatable bonds is 5. The van der Waals surface area contributed by atoms with Gasteiger partial charge in [-0.25, -0.2) is 4.99 Å². The van der Waals surface area contributed by atoms with E-state index in [0.29, 0.717) is 5.25 Å². The SMILES string of the molecule is Cc1ccc(N=C(C=CSc2ccc(Cl)cc2)SC2CCCCC2)cc1. The fourth-order valence-electron chi connectivity index (χ4n) is 2.89. The maximum absolute atomic E-state index is 5.96. The Morgan fingerprint density at radius 3 is 2.38 bits per heavy atom. The van der Waals surface area contributed by atoms with Crippen molar-refractivity contribution in [1.29, 1.82) is 0 Å². The third-order valence-electron chi connectivity index (χ3n) is 4.34. The number of aryl methyl sites for hydroxylation is 1. The minimum atomic E-state index is 0.693. The van der Waals surface area contributed by atoms with Crippen LogP contribution in [0.2, 0.25) is 5.02 Å². The van der Waals surface area contributed by atoms with Crippen LogP contribution < -0.4 is 0 Å². The summed E-state index contributed by atoms with van der Waals surface area (Å²) in [7, 11) is 0.